The predicted molar refractivity (Wildman–Crippen MR) is 133 cm³/mol. The molecule has 0 radical (unpaired) electrons. The minimum absolute atomic E-state index is 0.0230. The van der Waals surface area contributed by atoms with Crippen molar-refractivity contribution in [2.45, 2.75) is 0 Å². The predicted octanol–water partition coefficient (Wildman–Crippen LogP) is 4.68. The zero-order chi connectivity index (χ0) is 23.0. The van der Waals surface area contributed by atoms with Crippen molar-refractivity contribution in [3.8, 4) is 5.69 Å². The summed E-state index contributed by atoms with van der Waals surface area (Å²) < 4.78 is 1.89. The first-order valence-corrected chi connectivity index (χ1v) is 10.7. The summed E-state index contributed by atoms with van der Waals surface area (Å²) in [5.41, 5.74) is 2.99. The number of anilines is 2. The van der Waals surface area contributed by atoms with Gasteiger partial charge in [-0.05, 0) is 72.9 Å². The average Bonchev–Trinajstić information content (AvgIpc) is 3.22. The highest BCUT2D eigenvalue weighted by Crippen LogP contribution is 2.30. The quantitative estimate of drug-likeness (QED) is 0.331. The standard InChI is InChI=1S/C23H18Cl2N4O2S/c1-27(2)14-5-7-15(8-6-14)28-11-3-4-16(28)12-18-21(30)26-23(32)29(22(18)31)17-9-10-19(24)20(25)13-17/h3-13H,1-2H3,(H,26,30,32)/b18-12+. The summed E-state index contributed by atoms with van der Waals surface area (Å²) >= 11 is 17.3. The zero-order valence-electron chi connectivity index (χ0n) is 17.2. The van der Waals surface area contributed by atoms with Crippen LogP contribution in [0.1, 0.15) is 5.69 Å². The minimum atomic E-state index is -0.563. The molecule has 1 saturated heterocycles. The van der Waals surface area contributed by atoms with Gasteiger partial charge >= 0.3 is 0 Å². The highest BCUT2D eigenvalue weighted by Gasteiger charge is 2.35. The zero-order valence-corrected chi connectivity index (χ0v) is 19.5. The number of nitrogens with one attached hydrogen (secondary N) is 1. The molecule has 0 spiro atoms. The van der Waals surface area contributed by atoms with Crippen LogP contribution < -0.4 is 15.1 Å². The van der Waals surface area contributed by atoms with Gasteiger partial charge in [0.25, 0.3) is 11.8 Å². The number of hydrogen-bond acceptors (Lipinski definition) is 4. The SMILES string of the molecule is CN(C)c1ccc(-n2cccc2/C=C2\C(=O)NC(=S)N(c3ccc(Cl)c(Cl)c3)C2=O)cc1. The van der Waals surface area contributed by atoms with E-state index in [4.69, 9.17) is 35.4 Å². The Labute approximate surface area is 200 Å². The van der Waals surface area contributed by atoms with E-state index in [0.29, 0.717) is 16.4 Å². The van der Waals surface area contributed by atoms with Crippen molar-refractivity contribution in [3.05, 3.63) is 82.1 Å². The highest BCUT2D eigenvalue weighted by atomic mass is 35.5. The van der Waals surface area contributed by atoms with Crippen LogP contribution in [0.5, 0.6) is 0 Å². The molecule has 6 nitrogen and oxygen atoms in total. The number of amides is 2. The second kappa shape index (κ2) is 8.78. The van der Waals surface area contributed by atoms with Crippen molar-refractivity contribution in [1.82, 2.24) is 9.88 Å². The molecule has 1 fully saturated rings. The van der Waals surface area contributed by atoms with Crippen molar-refractivity contribution < 1.29 is 9.59 Å². The van der Waals surface area contributed by atoms with Gasteiger partial charge in [0.05, 0.1) is 15.7 Å². The smallest absolute Gasteiger partial charge is 0.270 e. The maximum atomic E-state index is 13.3. The number of aromatic nitrogens is 1. The van der Waals surface area contributed by atoms with Crippen LogP contribution in [-0.4, -0.2) is 35.6 Å². The van der Waals surface area contributed by atoms with Gasteiger partial charge in [-0.25, -0.2) is 0 Å². The molecule has 0 bridgehead atoms. The molecule has 162 valence electrons. The van der Waals surface area contributed by atoms with Gasteiger partial charge in [-0.15, -0.1) is 0 Å². The van der Waals surface area contributed by atoms with Crippen LogP contribution >= 0.6 is 35.4 Å². The molecule has 2 amide bonds. The topological polar surface area (TPSA) is 57.6 Å². The lowest BCUT2D eigenvalue weighted by Gasteiger charge is -2.29. The summed E-state index contributed by atoms with van der Waals surface area (Å²) in [6.07, 6.45) is 3.41. The summed E-state index contributed by atoms with van der Waals surface area (Å²) in [7, 11) is 3.94. The van der Waals surface area contributed by atoms with Gasteiger partial charge in [0.15, 0.2) is 5.11 Å². The Balaban J connectivity index is 1.71. The molecule has 2 aromatic carbocycles. The fourth-order valence-corrected chi connectivity index (χ4v) is 3.90. The second-order valence-electron chi connectivity index (χ2n) is 7.27. The summed E-state index contributed by atoms with van der Waals surface area (Å²) in [5, 5.41) is 3.18. The normalized spacial score (nSPS) is 15.3. The van der Waals surface area contributed by atoms with Gasteiger partial charge in [0.2, 0.25) is 0 Å². The number of halogens is 2. The Morgan fingerprint density at radius 3 is 2.31 bits per heavy atom. The Bertz CT molecular complexity index is 1270. The van der Waals surface area contributed by atoms with E-state index in [-0.39, 0.29) is 15.7 Å². The third-order valence-electron chi connectivity index (χ3n) is 4.98. The van der Waals surface area contributed by atoms with Crippen LogP contribution in [0.3, 0.4) is 0 Å². The Morgan fingerprint density at radius 2 is 1.66 bits per heavy atom. The van der Waals surface area contributed by atoms with E-state index in [9.17, 15) is 9.59 Å². The van der Waals surface area contributed by atoms with Crippen molar-refractivity contribution in [2.75, 3.05) is 23.9 Å². The summed E-state index contributed by atoms with van der Waals surface area (Å²) in [6.45, 7) is 0. The van der Waals surface area contributed by atoms with Gasteiger partial charge in [-0.1, -0.05) is 23.2 Å². The minimum Gasteiger partial charge on any atom is -0.378 e. The fraction of sp³-hybridized carbons (Fsp3) is 0.0870. The molecular weight excluding hydrogens is 467 g/mol. The average molecular weight is 485 g/mol. The Hall–Kier alpha value is -3.13. The van der Waals surface area contributed by atoms with Crippen molar-refractivity contribution in [2.24, 2.45) is 0 Å². The first-order valence-electron chi connectivity index (χ1n) is 9.58. The van der Waals surface area contributed by atoms with Gasteiger partial charge in [-0.2, -0.15) is 0 Å². The van der Waals surface area contributed by atoms with E-state index in [2.05, 4.69) is 5.32 Å². The number of thiocarbonyl (C=S) groups is 1. The first-order chi connectivity index (χ1) is 15.3. The largest absolute Gasteiger partial charge is 0.378 e. The monoisotopic (exact) mass is 484 g/mol. The lowest BCUT2D eigenvalue weighted by atomic mass is 10.1. The van der Waals surface area contributed by atoms with Gasteiger partial charge < -0.3 is 9.47 Å². The third-order valence-corrected chi connectivity index (χ3v) is 6.00. The second-order valence-corrected chi connectivity index (χ2v) is 8.47. The molecule has 0 atom stereocenters. The fourth-order valence-electron chi connectivity index (χ4n) is 3.32. The molecule has 1 aliphatic rings. The van der Waals surface area contributed by atoms with E-state index < -0.39 is 11.8 Å². The summed E-state index contributed by atoms with van der Waals surface area (Å²) in [4.78, 5) is 29.1. The number of nitrogens with zero attached hydrogens (tertiary/aromatic N) is 3. The van der Waals surface area contributed by atoms with E-state index >= 15 is 0 Å². The lowest BCUT2D eigenvalue weighted by Crippen LogP contribution is -2.54. The molecule has 1 aliphatic heterocycles. The number of carbonyl (C=O) groups excluding carboxylic acids is 2. The van der Waals surface area contributed by atoms with E-state index in [1.807, 2.05) is 66.2 Å². The molecular formula is C23H18Cl2N4O2S. The molecule has 0 unspecified atom stereocenters. The van der Waals surface area contributed by atoms with Crippen LogP contribution in [0.15, 0.2) is 66.4 Å². The molecule has 0 aliphatic carbocycles. The third kappa shape index (κ3) is 4.14. The van der Waals surface area contributed by atoms with E-state index in [1.54, 1.807) is 18.2 Å². The maximum absolute atomic E-state index is 13.3. The molecule has 1 aromatic heterocycles. The molecule has 0 saturated carbocycles. The number of rotatable bonds is 4. The van der Waals surface area contributed by atoms with Gasteiger partial charge in [0.1, 0.15) is 5.57 Å². The molecule has 1 N–H and O–H groups in total. The van der Waals surface area contributed by atoms with E-state index in [1.165, 1.54) is 11.0 Å². The van der Waals surface area contributed by atoms with Crippen LogP contribution in [0.2, 0.25) is 10.0 Å². The van der Waals surface area contributed by atoms with Crippen molar-refractivity contribution in [3.63, 3.8) is 0 Å². The van der Waals surface area contributed by atoms with Crippen molar-refractivity contribution >= 4 is 69.8 Å². The summed E-state index contributed by atoms with van der Waals surface area (Å²) in [5.74, 6) is -1.11. The highest BCUT2D eigenvalue weighted by molar-refractivity contribution is 7.80. The number of benzene rings is 2. The van der Waals surface area contributed by atoms with Crippen LogP contribution in [0.25, 0.3) is 11.8 Å². The lowest BCUT2D eigenvalue weighted by molar-refractivity contribution is -0.122. The Kier molecular flexibility index (Phi) is 6.06. The van der Waals surface area contributed by atoms with Crippen molar-refractivity contribution in [1.29, 1.82) is 0 Å². The van der Waals surface area contributed by atoms with Gasteiger partial charge in [0, 0.05) is 37.4 Å². The Morgan fingerprint density at radius 1 is 0.969 bits per heavy atom. The molecule has 2 heterocycles. The summed E-state index contributed by atoms with van der Waals surface area (Å²) in [6, 6.07) is 16.3. The number of hydrogen-bond donors (Lipinski definition) is 1. The van der Waals surface area contributed by atoms with E-state index in [0.717, 1.165) is 11.4 Å². The molecule has 9 heteroatoms. The molecule has 3 aromatic rings. The van der Waals surface area contributed by atoms with Crippen LogP contribution in [0, 0.1) is 0 Å². The van der Waals surface area contributed by atoms with Crippen LogP contribution in [0.4, 0.5) is 11.4 Å². The molecule has 32 heavy (non-hydrogen) atoms. The van der Waals surface area contributed by atoms with Crippen LogP contribution in [-0.2, 0) is 9.59 Å². The number of carbonyl (C=O) groups is 2. The van der Waals surface area contributed by atoms with Gasteiger partial charge in [-0.3, -0.25) is 19.8 Å². The molecule has 4 rings (SSSR count). The first kappa shape index (κ1) is 22.1. The maximum Gasteiger partial charge on any atom is 0.270 e.